The highest BCUT2D eigenvalue weighted by Gasteiger charge is 2.14. The van der Waals surface area contributed by atoms with E-state index in [2.05, 4.69) is 31.0 Å². The summed E-state index contributed by atoms with van der Waals surface area (Å²) in [6.07, 6.45) is 10.9. The van der Waals surface area contributed by atoms with Crippen molar-refractivity contribution in [2.45, 2.75) is 26.2 Å². The molecule has 28 heavy (non-hydrogen) atoms. The maximum atomic E-state index is 4.88. The zero-order valence-electron chi connectivity index (χ0n) is 15.8. The fourth-order valence-corrected chi connectivity index (χ4v) is 3.66. The van der Waals surface area contributed by atoms with Gasteiger partial charge in [0.2, 0.25) is 0 Å². The molecule has 140 valence electrons. The van der Waals surface area contributed by atoms with E-state index in [1.54, 1.807) is 12.4 Å². The van der Waals surface area contributed by atoms with Gasteiger partial charge < -0.3 is 4.90 Å². The fourth-order valence-electron chi connectivity index (χ4n) is 3.66. The van der Waals surface area contributed by atoms with Crippen molar-refractivity contribution in [3.05, 3.63) is 54.7 Å². The monoisotopic (exact) mass is 371 g/mol. The van der Waals surface area contributed by atoms with Gasteiger partial charge in [0.1, 0.15) is 11.5 Å². The van der Waals surface area contributed by atoms with Gasteiger partial charge in [-0.2, -0.15) is 5.10 Å². The second-order valence-electron chi connectivity index (χ2n) is 7.13. The van der Waals surface area contributed by atoms with Crippen LogP contribution in [0.5, 0.6) is 0 Å². The highest BCUT2D eigenvalue weighted by Crippen LogP contribution is 2.24. The molecule has 4 aromatic rings. The molecule has 0 bridgehead atoms. The molecule has 0 aromatic carbocycles. The van der Waals surface area contributed by atoms with E-state index >= 15 is 0 Å². The lowest BCUT2D eigenvalue weighted by atomic mass is 10.1. The van der Waals surface area contributed by atoms with Crippen molar-refractivity contribution in [2.75, 3.05) is 18.0 Å². The van der Waals surface area contributed by atoms with E-state index in [1.165, 1.54) is 19.3 Å². The maximum absolute atomic E-state index is 4.88. The third-order valence-corrected chi connectivity index (χ3v) is 5.09. The molecule has 0 atom stereocenters. The largest absolute Gasteiger partial charge is 0.357 e. The van der Waals surface area contributed by atoms with Crippen LogP contribution in [0, 0.1) is 6.92 Å². The Morgan fingerprint density at radius 1 is 0.857 bits per heavy atom. The molecule has 1 fully saturated rings. The molecule has 0 spiro atoms. The molecule has 0 radical (unpaired) electrons. The molecule has 0 unspecified atom stereocenters. The molecule has 5 heterocycles. The SMILES string of the molecule is Cc1cncc(-c2cc3c(cn2)cnn3-c2cccc(N3CCCCC3)n2)n1. The number of pyridine rings is 2. The van der Waals surface area contributed by atoms with Gasteiger partial charge in [0, 0.05) is 30.9 Å². The van der Waals surface area contributed by atoms with Crippen molar-refractivity contribution in [3.8, 4) is 17.2 Å². The minimum absolute atomic E-state index is 0.754. The predicted molar refractivity (Wildman–Crippen MR) is 108 cm³/mol. The van der Waals surface area contributed by atoms with Crippen LogP contribution >= 0.6 is 0 Å². The summed E-state index contributed by atoms with van der Waals surface area (Å²) in [5, 5.41) is 5.53. The zero-order chi connectivity index (χ0) is 18.9. The standard InChI is InChI=1S/C21H21N7/c1-15-11-22-14-18(25-15)17-10-19-16(12-23-17)13-24-28(19)21-7-5-6-20(26-21)27-8-3-2-4-9-27/h5-7,10-14H,2-4,8-9H2,1H3. The molecule has 5 rings (SSSR count). The first-order valence-corrected chi connectivity index (χ1v) is 9.63. The van der Waals surface area contributed by atoms with Gasteiger partial charge in [-0.05, 0) is 44.4 Å². The van der Waals surface area contributed by atoms with Crippen LogP contribution in [0.15, 0.2) is 49.1 Å². The summed E-state index contributed by atoms with van der Waals surface area (Å²) in [5.74, 6) is 1.82. The third-order valence-electron chi connectivity index (χ3n) is 5.09. The van der Waals surface area contributed by atoms with Crippen LogP contribution in [0.25, 0.3) is 28.1 Å². The Hall–Kier alpha value is -3.35. The summed E-state index contributed by atoms with van der Waals surface area (Å²) >= 11 is 0. The molecule has 0 saturated carbocycles. The van der Waals surface area contributed by atoms with Crippen LogP contribution < -0.4 is 4.90 Å². The van der Waals surface area contributed by atoms with Gasteiger partial charge in [0.05, 0.1) is 29.3 Å². The summed E-state index contributed by atoms with van der Waals surface area (Å²) in [6.45, 7) is 4.06. The summed E-state index contributed by atoms with van der Waals surface area (Å²) in [4.78, 5) is 20.5. The number of nitrogens with zero attached hydrogens (tertiary/aromatic N) is 7. The van der Waals surface area contributed by atoms with Crippen LogP contribution in [-0.4, -0.2) is 42.8 Å². The number of aromatic nitrogens is 6. The summed E-state index contributed by atoms with van der Waals surface area (Å²) in [7, 11) is 0. The van der Waals surface area contributed by atoms with Gasteiger partial charge in [0.25, 0.3) is 0 Å². The molecule has 0 aliphatic carbocycles. The molecular weight excluding hydrogens is 350 g/mol. The average molecular weight is 371 g/mol. The molecule has 7 nitrogen and oxygen atoms in total. The molecule has 1 aliphatic rings. The Morgan fingerprint density at radius 2 is 1.71 bits per heavy atom. The van der Waals surface area contributed by atoms with Crippen molar-refractivity contribution in [2.24, 2.45) is 0 Å². The Bertz CT molecular complexity index is 1130. The second-order valence-corrected chi connectivity index (χ2v) is 7.13. The van der Waals surface area contributed by atoms with E-state index in [0.717, 1.165) is 52.7 Å². The quantitative estimate of drug-likeness (QED) is 0.548. The number of fused-ring (bicyclic) bond motifs is 1. The van der Waals surface area contributed by atoms with E-state index in [0.29, 0.717) is 0 Å². The number of piperidine rings is 1. The normalized spacial score (nSPS) is 14.5. The van der Waals surface area contributed by atoms with Crippen LogP contribution in [-0.2, 0) is 0 Å². The van der Waals surface area contributed by atoms with E-state index in [9.17, 15) is 0 Å². The van der Waals surface area contributed by atoms with E-state index in [1.807, 2.05) is 42.2 Å². The van der Waals surface area contributed by atoms with Gasteiger partial charge in [-0.25, -0.2) is 14.6 Å². The summed E-state index contributed by atoms with van der Waals surface area (Å²) in [6, 6.07) is 8.12. The highest BCUT2D eigenvalue weighted by molar-refractivity contribution is 5.82. The first kappa shape index (κ1) is 16.8. The molecule has 1 saturated heterocycles. The first-order chi connectivity index (χ1) is 13.8. The van der Waals surface area contributed by atoms with Gasteiger partial charge >= 0.3 is 0 Å². The Balaban J connectivity index is 1.57. The number of rotatable bonds is 3. The lowest BCUT2D eigenvalue weighted by Crippen LogP contribution is -2.30. The van der Waals surface area contributed by atoms with Crippen molar-refractivity contribution >= 4 is 16.7 Å². The van der Waals surface area contributed by atoms with Crippen molar-refractivity contribution < 1.29 is 0 Å². The topological polar surface area (TPSA) is 72.6 Å². The third kappa shape index (κ3) is 3.09. The average Bonchev–Trinajstić information content (AvgIpc) is 3.18. The molecular formula is C21H21N7. The number of hydrogen-bond acceptors (Lipinski definition) is 6. The van der Waals surface area contributed by atoms with Crippen molar-refractivity contribution in [1.82, 2.24) is 29.7 Å². The van der Waals surface area contributed by atoms with E-state index in [4.69, 9.17) is 4.98 Å². The fraction of sp³-hybridized carbons (Fsp3) is 0.286. The van der Waals surface area contributed by atoms with Crippen LogP contribution in [0.3, 0.4) is 0 Å². The van der Waals surface area contributed by atoms with Gasteiger partial charge in [-0.3, -0.25) is 9.97 Å². The zero-order valence-corrected chi connectivity index (χ0v) is 15.8. The minimum Gasteiger partial charge on any atom is -0.357 e. The van der Waals surface area contributed by atoms with Crippen LogP contribution in [0.1, 0.15) is 25.0 Å². The first-order valence-electron chi connectivity index (χ1n) is 9.63. The smallest absolute Gasteiger partial charge is 0.156 e. The highest BCUT2D eigenvalue weighted by atomic mass is 15.3. The lowest BCUT2D eigenvalue weighted by Gasteiger charge is -2.27. The van der Waals surface area contributed by atoms with Gasteiger partial charge in [-0.15, -0.1) is 0 Å². The lowest BCUT2D eigenvalue weighted by molar-refractivity contribution is 0.573. The second kappa shape index (κ2) is 6.99. The Kier molecular flexibility index (Phi) is 4.20. The number of aryl methyl sites for hydroxylation is 1. The molecule has 4 aromatic heterocycles. The molecule has 1 aliphatic heterocycles. The van der Waals surface area contributed by atoms with E-state index < -0.39 is 0 Å². The summed E-state index contributed by atoms with van der Waals surface area (Å²) in [5.41, 5.74) is 3.35. The summed E-state index contributed by atoms with van der Waals surface area (Å²) < 4.78 is 1.87. The number of hydrogen-bond donors (Lipinski definition) is 0. The van der Waals surface area contributed by atoms with Crippen LogP contribution in [0.2, 0.25) is 0 Å². The Labute approximate surface area is 163 Å². The minimum atomic E-state index is 0.754. The van der Waals surface area contributed by atoms with Crippen molar-refractivity contribution in [3.63, 3.8) is 0 Å². The number of anilines is 1. The molecule has 0 N–H and O–H groups in total. The molecule has 7 heteroatoms. The predicted octanol–water partition coefficient (Wildman–Crippen LogP) is 3.57. The van der Waals surface area contributed by atoms with Gasteiger partial charge in [0.15, 0.2) is 5.82 Å². The maximum Gasteiger partial charge on any atom is 0.156 e. The van der Waals surface area contributed by atoms with E-state index in [-0.39, 0.29) is 0 Å². The van der Waals surface area contributed by atoms with Gasteiger partial charge in [-0.1, -0.05) is 6.07 Å². The van der Waals surface area contributed by atoms with Crippen LogP contribution in [0.4, 0.5) is 5.82 Å². The molecule has 0 amide bonds. The van der Waals surface area contributed by atoms with Crippen molar-refractivity contribution in [1.29, 1.82) is 0 Å². The Morgan fingerprint density at radius 3 is 2.57 bits per heavy atom.